The molecule has 32 heavy (non-hydrogen) atoms. The summed E-state index contributed by atoms with van der Waals surface area (Å²) in [5.41, 5.74) is 3.12. The number of carbonyl (C=O) groups is 1. The Morgan fingerprint density at radius 3 is 2.72 bits per heavy atom. The molecular weight excluding hydrogens is 402 g/mol. The molecule has 2 fully saturated rings. The fraction of sp³-hybridized carbons (Fsp3) is 0.385. The molecule has 0 bridgehead atoms. The zero-order valence-corrected chi connectivity index (χ0v) is 18.9. The van der Waals surface area contributed by atoms with Crippen molar-refractivity contribution >= 4 is 16.8 Å². The Hall–Kier alpha value is -3.12. The lowest BCUT2D eigenvalue weighted by Crippen LogP contribution is -2.48. The summed E-state index contributed by atoms with van der Waals surface area (Å²) < 4.78 is 11.4. The lowest BCUT2D eigenvalue weighted by molar-refractivity contribution is 0.0767. The molecule has 1 N–H and O–H groups in total. The van der Waals surface area contributed by atoms with Crippen molar-refractivity contribution in [2.24, 2.45) is 0 Å². The van der Waals surface area contributed by atoms with Crippen molar-refractivity contribution in [2.45, 2.75) is 37.8 Å². The van der Waals surface area contributed by atoms with E-state index in [1.54, 1.807) is 7.11 Å². The summed E-state index contributed by atoms with van der Waals surface area (Å²) in [6.07, 6.45) is 2.93. The number of hydrogen-bond acceptors (Lipinski definition) is 5. The van der Waals surface area contributed by atoms with Crippen LogP contribution in [0.3, 0.4) is 0 Å². The third kappa shape index (κ3) is 3.79. The molecular formula is C26H29N3O3. The van der Waals surface area contributed by atoms with E-state index in [9.17, 15) is 4.79 Å². The van der Waals surface area contributed by atoms with Gasteiger partial charge in [-0.25, -0.2) is 4.98 Å². The lowest BCUT2D eigenvalue weighted by atomic mass is 9.98. The third-order valence-corrected chi connectivity index (χ3v) is 6.85. The highest BCUT2D eigenvalue weighted by Crippen LogP contribution is 2.48. The van der Waals surface area contributed by atoms with Gasteiger partial charge in [-0.1, -0.05) is 24.3 Å². The Kier molecular flexibility index (Phi) is 5.25. The molecule has 1 aliphatic heterocycles. The fourth-order valence-electron chi connectivity index (χ4n) is 4.43. The minimum absolute atomic E-state index is 0.0777. The average molecular weight is 432 g/mol. The van der Waals surface area contributed by atoms with Gasteiger partial charge in [-0.2, -0.15) is 0 Å². The fourth-order valence-corrected chi connectivity index (χ4v) is 4.43. The van der Waals surface area contributed by atoms with E-state index < -0.39 is 5.54 Å². The van der Waals surface area contributed by atoms with Crippen LogP contribution < -0.4 is 14.8 Å². The summed E-state index contributed by atoms with van der Waals surface area (Å²) >= 11 is 0. The Bertz CT molecular complexity index is 1170. The van der Waals surface area contributed by atoms with Crippen molar-refractivity contribution in [2.75, 3.05) is 27.3 Å². The van der Waals surface area contributed by atoms with Crippen LogP contribution in [-0.2, 0) is 5.54 Å². The van der Waals surface area contributed by atoms with Crippen LogP contribution in [0.4, 0.5) is 0 Å². The minimum atomic E-state index is -0.398. The second kappa shape index (κ2) is 8.10. The first kappa shape index (κ1) is 20.8. The quantitative estimate of drug-likeness (QED) is 0.611. The molecule has 1 saturated heterocycles. The van der Waals surface area contributed by atoms with Crippen molar-refractivity contribution in [3.05, 3.63) is 65.2 Å². The molecule has 5 rings (SSSR count). The van der Waals surface area contributed by atoms with Gasteiger partial charge in [-0.15, -0.1) is 0 Å². The molecule has 3 aromatic rings. The van der Waals surface area contributed by atoms with Crippen LogP contribution in [0, 0.1) is 6.92 Å². The number of likely N-dealkylation sites (N-methyl/N-ethyl adjacent to an activating group) is 1. The maximum atomic E-state index is 13.4. The van der Waals surface area contributed by atoms with Gasteiger partial charge in [0.1, 0.15) is 12.4 Å². The Balaban J connectivity index is 1.39. The molecule has 1 atom stereocenters. The van der Waals surface area contributed by atoms with Gasteiger partial charge in [-0.05, 0) is 69.1 Å². The lowest BCUT2D eigenvalue weighted by Gasteiger charge is -2.37. The summed E-state index contributed by atoms with van der Waals surface area (Å²) in [5, 5.41) is 4.37. The average Bonchev–Trinajstić information content (AvgIpc) is 3.58. The maximum absolute atomic E-state index is 13.4. The predicted octanol–water partition coefficient (Wildman–Crippen LogP) is 4.05. The number of amides is 1. The molecule has 1 amide bonds. The van der Waals surface area contributed by atoms with Gasteiger partial charge in [0.25, 0.3) is 5.91 Å². The monoisotopic (exact) mass is 431 g/mol. The summed E-state index contributed by atoms with van der Waals surface area (Å²) in [7, 11) is 3.73. The van der Waals surface area contributed by atoms with Crippen LogP contribution >= 0.6 is 0 Å². The first-order valence-corrected chi connectivity index (χ1v) is 11.2. The van der Waals surface area contributed by atoms with Crippen molar-refractivity contribution in [1.82, 2.24) is 15.2 Å². The molecule has 1 unspecified atom stereocenters. The largest absolute Gasteiger partial charge is 0.492 e. The van der Waals surface area contributed by atoms with Gasteiger partial charge >= 0.3 is 0 Å². The number of pyridine rings is 1. The summed E-state index contributed by atoms with van der Waals surface area (Å²) in [5.74, 6) is 1.22. The number of aromatic nitrogens is 1. The Morgan fingerprint density at radius 1 is 1.22 bits per heavy atom. The summed E-state index contributed by atoms with van der Waals surface area (Å²) in [4.78, 5) is 20.2. The van der Waals surface area contributed by atoms with Crippen LogP contribution in [0.15, 0.2) is 48.5 Å². The molecule has 0 radical (unpaired) electrons. The number of rotatable bonds is 7. The molecule has 2 heterocycles. The van der Waals surface area contributed by atoms with E-state index in [-0.39, 0.29) is 5.91 Å². The van der Waals surface area contributed by atoms with E-state index in [4.69, 9.17) is 9.47 Å². The molecule has 1 aromatic heterocycles. The molecule has 0 spiro atoms. The molecule has 166 valence electrons. The number of benzene rings is 2. The number of nitrogens with zero attached hydrogens (tertiary/aromatic N) is 2. The van der Waals surface area contributed by atoms with Crippen LogP contribution in [0.1, 0.15) is 40.7 Å². The molecule has 2 aromatic carbocycles. The molecule has 1 aliphatic carbocycles. The first-order chi connectivity index (χ1) is 15.5. The first-order valence-electron chi connectivity index (χ1n) is 11.2. The Labute approximate surface area is 188 Å². The number of hydrogen-bond donors (Lipinski definition) is 1. The zero-order valence-electron chi connectivity index (χ0n) is 18.9. The molecule has 6 heteroatoms. The topological polar surface area (TPSA) is 63.7 Å². The smallest absolute Gasteiger partial charge is 0.252 e. The molecule has 6 nitrogen and oxygen atoms in total. The summed E-state index contributed by atoms with van der Waals surface area (Å²) in [6, 6.07) is 16.2. The highest BCUT2D eigenvalue weighted by atomic mass is 16.5. The van der Waals surface area contributed by atoms with Gasteiger partial charge in [0.2, 0.25) is 5.88 Å². The molecule has 2 aliphatic rings. The van der Waals surface area contributed by atoms with E-state index in [1.807, 2.05) is 49.4 Å². The van der Waals surface area contributed by atoms with Crippen LogP contribution in [0.25, 0.3) is 10.9 Å². The van der Waals surface area contributed by atoms with Crippen LogP contribution in [0.5, 0.6) is 11.6 Å². The van der Waals surface area contributed by atoms with E-state index in [0.29, 0.717) is 24.1 Å². The van der Waals surface area contributed by atoms with Gasteiger partial charge in [0, 0.05) is 23.1 Å². The van der Waals surface area contributed by atoms with Gasteiger partial charge in [-0.3, -0.25) is 9.69 Å². The number of likely N-dealkylation sites (tertiary alicyclic amines) is 1. The predicted molar refractivity (Wildman–Crippen MR) is 124 cm³/mol. The SMILES string of the molecule is COc1cc(C2(NC(=O)c3cc(OCC4CCN4C)ccc3C)CC2)c2ccccc2n1. The number of para-hydroxylation sites is 1. The highest BCUT2D eigenvalue weighted by molar-refractivity contribution is 5.97. The number of carbonyl (C=O) groups excluding carboxylic acids is 1. The number of ether oxygens (including phenoxy) is 2. The maximum Gasteiger partial charge on any atom is 0.252 e. The van der Waals surface area contributed by atoms with Crippen LogP contribution in [-0.4, -0.2) is 49.1 Å². The number of methoxy groups -OCH3 is 1. The van der Waals surface area contributed by atoms with Crippen LogP contribution in [0.2, 0.25) is 0 Å². The second-order valence-electron chi connectivity index (χ2n) is 8.98. The summed E-state index contributed by atoms with van der Waals surface area (Å²) in [6.45, 7) is 3.72. The molecule has 1 saturated carbocycles. The van der Waals surface area contributed by atoms with Crippen molar-refractivity contribution in [3.63, 3.8) is 0 Å². The van der Waals surface area contributed by atoms with Gasteiger partial charge in [0.05, 0.1) is 18.2 Å². The van der Waals surface area contributed by atoms with Crippen molar-refractivity contribution < 1.29 is 14.3 Å². The standard InChI is InChI=1S/C26H29N3O3/c1-17-8-9-19(32-16-18-10-13-29(18)2)14-21(17)25(30)28-26(11-12-26)22-15-24(31-3)27-23-7-5-4-6-20(22)23/h4-9,14-15,18H,10-13,16H2,1-3H3,(H,28,30). The van der Waals surface area contributed by atoms with Crippen molar-refractivity contribution in [1.29, 1.82) is 0 Å². The zero-order chi connectivity index (χ0) is 22.3. The van der Waals surface area contributed by atoms with Crippen molar-refractivity contribution in [3.8, 4) is 11.6 Å². The minimum Gasteiger partial charge on any atom is -0.492 e. The second-order valence-corrected chi connectivity index (χ2v) is 8.98. The Morgan fingerprint density at radius 2 is 2.03 bits per heavy atom. The number of fused-ring (bicyclic) bond motifs is 1. The number of nitrogens with one attached hydrogen (secondary N) is 1. The third-order valence-electron chi connectivity index (χ3n) is 6.85. The highest BCUT2D eigenvalue weighted by Gasteiger charge is 2.47. The van der Waals surface area contributed by atoms with E-state index in [2.05, 4.69) is 28.3 Å². The van der Waals surface area contributed by atoms with E-state index in [1.165, 1.54) is 0 Å². The van der Waals surface area contributed by atoms with Gasteiger partial charge in [0.15, 0.2) is 0 Å². The number of aryl methyl sites for hydroxylation is 1. The van der Waals surface area contributed by atoms with E-state index >= 15 is 0 Å². The van der Waals surface area contributed by atoms with E-state index in [0.717, 1.165) is 53.6 Å². The normalized spacial score (nSPS) is 19.3. The van der Waals surface area contributed by atoms with Gasteiger partial charge < -0.3 is 14.8 Å².